The minimum atomic E-state index is 0.270. The van der Waals surface area contributed by atoms with E-state index in [1.54, 1.807) is 0 Å². The maximum Gasteiger partial charge on any atom is 0.159 e. The number of nitrogens with one attached hydrogen (secondary N) is 1. The molecule has 110 valence electrons. The lowest BCUT2D eigenvalue weighted by atomic mass is 9.74. The Bertz CT molecular complexity index is 650. The highest BCUT2D eigenvalue weighted by Crippen LogP contribution is 2.39. The monoisotopic (exact) mass is 345 g/mol. The van der Waals surface area contributed by atoms with E-state index >= 15 is 0 Å². The molecule has 3 rings (SSSR count). The Labute approximate surface area is 134 Å². The summed E-state index contributed by atoms with van der Waals surface area (Å²) < 4.78 is 1.07. The molecule has 2 aromatic rings. The molecule has 0 radical (unpaired) electrons. The Morgan fingerprint density at radius 2 is 1.95 bits per heavy atom. The largest absolute Gasteiger partial charge is 0.313 e. The lowest BCUT2D eigenvalue weighted by Crippen LogP contribution is -2.32. The summed E-state index contributed by atoms with van der Waals surface area (Å²) in [5, 5.41) is 3.40. The molecule has 0 aliphatic heterocycles. The van der Waals surface area contributed by atoms with Gasteiger partial charge in [-0.15, -0.1) is 0 Å². The third kappa shape index (κ3) is 3.01. The molecular formula is C17H20BrN3. The van der Waals surface area contributed by atoms with Gasteiger partial charge in [0.1, 0.15) is 0 Å². The van der Waals surface area contributed by atoms with Crippen LogP contribution in [-0.4, -0.2) is 17.0 Å². The molecule has 0 spiro atoms. The molecular weight excluding hydrogens is 326 g/mol. The first-order valence-electron chi connectivity index (χ1n) is 7.27. The van der Waals surface area contributed by atoms with E-state index in [4.69, 9.17) is 4.98 Å². The van der Waals surface area contributed by atoms with Gasteiger partial charge < -0.3 is 5.32 Å². The Balaban J connectivity index is 2.02. The number of benzene rings is 1. The van der Waals surface area contributed by atoms with Crippen LogP contribution in [0.2, 0.25) is 0 Å². The van der Waals surface area contributed by atoms with Crippen molar-refractivity contribution in [1.29, 1.82) is 0 Å². The van der Waals surface area contributed by atoms with E-state index in [0.29, 0.717) is 6.04 Å². The molecule has 1 aromatic carbocycles. The summed E-state index contributed by atoms with van der Waals surface area (Å²) in [4.78, 5) is 9.41. The number of hydrogen-bond acceptors (Lipinski definition) is 3. The number of fused-ring (bicyclic) bond motifs is 1. The van der Waals surface area contributed by atoms with Crippen LogP contribution in [0.4, 0.5) is 0 Å². The lowest BCUT2D eigenvalue weighted by molar-refractivity contribution is 0.260. The Kier molecular flexibility index (Phi) is 3.84. The van der Waals surface area contributed by atoms with E-state index < -0.39 is 0 Å². The molecule has 1 N–H and O–H groups in total. The van der Waals surface area contributed by atoms with Gasteiger partial charge in [-0.3, -0.25) is 0 Å². The molecule has 0 saturated heterocycles. The summed E-state index contributed by atoms with van der Waals surface area (Å²) in [5.41, 5.74) is 3.76. The summed E-state index contributed by atoms with van der Waals surface area (Å²) in [6, 6.07) is 8.50. The van der Waals surface area contributed by atoms with Crippen molar-refractivity contribution in [3.63, 3.8) is 0 Å². The summed E-state index contributed by atoms with van der Waals surface area (Å²) >= 11 is 3.46. The highest BCUT2D eigenvalue weighted by atomic mass is 79.9. The molecule has 0 amide bonds. The zero-order chi connectivity index (χ0) is 15.0. The predicted octanol–water partition coefficient (Wildman–Crippen LogP) is 4.14. The molecule has 0 bridgehead atoms. The SMILES string of the molecule is CNC1CC(C)(C)Cc2nc(-c3ccc(Br)cc3)ncc21. The van der Waals surface area contributed by atoms with Crippen LogP contribution in [-0.2, 0) is 6.42 Å². The highest BCUT2D eigenvalue weighted by molar-refractivity contribution is 9.10. The van der Waals surface area contributed by atoms with Gasteiger partial charge >= 0.3 is 0 Å². The van der Waals surface area contributed by atoms with Gasteiger partial charge in [0, 0.05) is 33.5 Å². The molecule has 21 heavy (non-hydrogen) atoms. The number of nitrogens with zero attached hydrogens (tertiary/aromatic N) is 2. The molecule has 4 heteroatoms. The van der Waals surface area contributed by atoms with Crippen LogP contribution in [0.1, 0.15) is 37.6 Å². The zero-order valence-electron chi connectivity index (χ0n) is 12.7. The lowest BCUT2D eigenvalue weighted by Gasteiger charge is -2.36. The number of hydrogen-bond donors (Lipinski definition) is 1. The fourth-order valence-corrected chi connectivity index (χ4v) is 3.31. The van der Waals surface area contributed by atoms with Crippen molar-refractivity contribution < 1.29 is 0 Å². The average Bonchev–Trinajstić information content (AvgIpc) is 2.45. The van der Waals surface area contributed by atoms with Crippen molar-refractivity contribution in [2.45, 2.75) is 32.7 Å². The van der Waals surface area contributed by atoms with Crippen LogP contribution in [0.15, 0.2) is 34.9 Å². The Morgan fingerprint density at radius 3 is 2.62 bits per heavy atom. The third-order valence-corrected chi connectivity index (χ3v) is 4.66. The van der Waals surface area contributed by atoms with Gasteiger partial charge in [-0.1, -0.05) is 41.9 Å². The van der Waals surface area contributed by atoms with Gasteiger partial charge in [0.2, 0.25) is 0 Å². The first-order chi connectivity index (χ1) is 9.98. The van der Waals surface area contributed by atoms with E-state index in [1.165, 1.54) is 11.3 Å². The number of rotatable bonds is 2. The van der Waals surface area contributed by atoms with Crippen molar-refractivity contribution in [2.24, 2.45) is 5.41 Å². The van der Waals surface area contributed by atoms with Crippen LogP contribution in [0.25, 0.3) is 11.4 Å². The molecule has 3 nitrogen and oxygen atoms in total. The van der Waals surface area contributed by atoms with E-state index in [2.05, 4.69) is 52.2 Å². The van der Waals surface area contributed by atoms with Crippen LogP contribution in [0, 0.1) is 5.41 Å². The second-order valence-corrected chi connectivity index (χ2v) is 7.40. The minimum Gasteiger partial charge on any atom is -0.313 e. The number of halogens is 1. The normalized spacial score (nSPS) is 20.1. The van der Waals surface area contributed by atoms with Gasteiger partial charge in [0.15, 0.2) is 5.82 Å². The van der Waals surface area contributed by atoms with Crippen molar-refractivity contribution >= 4 is 15.9 Å². The summed E-state index contributed by atoms with van der Waals surface area (Å²) in [7, 11) is 2.01. The maximum atomic E-state index is 4.84. The smallest absolute Gasteiger partial charge is 0.159 e. The third-order valence-electron chi connectivity index (χ3n) is 4.13. The van der Waals surface area contributed by atoms with E-state index in [9.17, 15) is 0 Å². The summed E-state index contributed by atoms with van der Waals surface area (Å²) in [6.45, 7) is 4.61. The van der Waals surface area contributed by atoms with E-state index in [1.807, 2.05) is 25.4 Å². The van der Waals surface area contributed by atoms with Crippen molar-refractivity contribution in [2.75, 3.05) is 7.05 Å². The molecule has 1 unspecified atom stereocenters. The maximum absolute atomic E-state index is 4.84. The Morgan fingerprint density at radius 1 is 1.24 bits per heavy atom. The van der Waals surface area contributed by atoms with Crippen molar-refractivity contribution in [1.82, 2.24) is 15.3 Å². The molecule has 1 aromatic heterocycles. The van der Waals surface area contributed by atoms with E-state index in [-0.39, 0.29) is 5.41 Å². The Hall–Kier alpha value is -1.26. The van der Waals surface area contributed by atoms with Crippen molar-refractivity contribution in [3.8, 4) is 11.4 Å². The van der Waals surface area contributed by atoms with Crippen molar-refractivity contribution in [3.05, 3.63) is 46.2 Å². The first kappa shape index (κ1) is 14.7. The fraction of sp³-hybridized carbons (Fsp3) is 0.412. The van der Waals surface area contributed by atoms with E-state index in [0.717, 1.165) is 28.7 Å². The zero-order valence-corrected chi connectivity index (χ0v) is 14.2. The highest BCUT2D eigenvalue weighted by Gasteiger charge is 2.32. The molecule has 0 saturated carbocycles. The van der Waals surface area contributed by atoms with Crippen LogP contribution in [0.5, 0.6) is 0 Å². The second-order valence-electron chi connectivity index (χ2n) is 6.49. The quantitative estimate of drug-likeness (QED) is 0.888. The van der Waals surface area contributed by atoms with Gasteiger partial charge in [-0.05, 0) is 37.4 Å². The summed E-state index contributed by atoms with van der Waals surface area (Å²) in [6.07, 6.45) is 4.13. The number of aromatic nitrogens is 2. The van der Waals surface area contributed by atoms with Crippen LogP contribution in [0.3, 0.4) is 0 Å². The van der Waals surface area contributed by atoms with Gasteiger partial charge in [0.05, 0.1) is 0 Å². The fourth-order valence-electron chi connectivity index (χ4n) is 3.04. The molecule has 1 heterocycles. The van der Waals surface area contributed by atoms with Crippen LogP contribution >= 0.6 is 15.9 Å². The predicted molar refractivity (Wildman–Crippen MR) is 89.1 cm³/mol. The molecule has 1 aliphatic rings. The van der Waals surface area contributed by atoms with Crippen LogP contribution < -0.4 is 5.32 Å². The standard InChI is InChI=1S/C17H20BrN3/c1-17(2)8-14(19-3)13-10-20-16(21-15(13)9-17)11-4-6-12(18)7-5-11/h4-7,10,14,19H,8-9H2,1-3H3. The molecule has 0 fully saturated rings. The first-order valence-corrected chi connectivity index (χ1v) is 8.07. The average molecular weight is 346 g/mol. The topological polar surface area (TPSA) is 37.8 Å². The van der Waals surface area contributed by atoms with Gasteiger partial charge in [-0.25, -0.2) is 9.97 Å². The molecule has 1 atom stereocenters. The second kappa shape index (κ2) is 5.50. The molecule has 1 aliphatic carbocycles. The minimum absolute atomic E-state index is 0.270. The van der Waals surface area contributed by atoms with Gasteiger partial charge in [-0.2, -0.15) is 0 Å². The van der Waals surface area contributed by atoms with Gasteiger partial charge in [0.25, 0.3) is 0 Å². The summed E-state index contributed by atoms with van der Waals surface area (Å²) in [5.74, 6) is 0.814.